The molecule has 0 aromatic carbocycles. The van der Waals surface area contributed by atoms with Gasteiger partial charge in [0.2, 0.25) is 0 Å². The van der Waals surface area contributed by atoms with E-state index in [9.17, 15) is 9.90 Å². The first-order chi connectivity index (χ1) is 8.80. The number of carbonyl (C=O) groups is 1. The van der Waals surface area contributed by atoms with E-state index in [0.717, 1.165) is 12.8 Å². The summed E-state index contributed by atoms with van der Waals surface area (Å²) in [6, 6.07) is 0.344. The molecule has 0 saturated heterocycles. The Labute approximate surface area is 118 Å². The van der Waals surface area contributed by atoms with Crippen molar-refractivity contribution >= 4 is 5.97 Å². The third kappa shape index (κ3) is 4.20. The minimum Gasteiger partial charge on any atom is -0.480 e. The van der Waals surface area contributed by atoms with Gasteiger partial charge in [0.15, 0.2) is 0 Å². The highest BCUT2D eigenvalue weighted by Crippen LogP contribution is 2.34. The van der Waals surface area contributed by atoms with Crippen LogP contribution in [0.5, 0.6) is 0 Å². The Bertz CT molecular complexity index is 303. The Morgan fingerprint density at radius 1 is 1.42 bits per heavy atom. The summed E-state index contributed by atoms with van der Waals surface area (Å²) in [4.78, 5) is 11.6. The lowest BCUT2D eigenvalue weighted by Crippen LogP contribution is -2.57. The fraction of sp³-hybridized carbons (Fsp3) is 0.938. The van der Waals surface area contributed by atoms with E-state index >= 15 is 0 Å². The Kier molecular flexibility index (Phi) is 5.84. The van der Waals surface area contributed by atoms with Crippen LogP contribution in [0.4, 0.5) is 0 Å². The standard InChI is InChI=1S/C16H31NO2/c1-6-9-16(5,15(18)19)17-14-10-12(4)7-8-13(14)11(2)3/h11-14,17H,6-10H2,1-5H3,(H,18,19). The van der Waals surface area contributed by atoms with Gasteiger partial charge in [-0.25, -0.2) is 0 Å². The van der Waals surface area contributed by atoms with Crippen molar-refractivity contribution in [2.45, 2.75) is 78.3 Å². The van der Waals surface area contributed by atoms with Gasteiger partial charge < -0.3 is 5.11 Å². The first-order valence-electron chi connectivity index (χ1n) is 7.81. The van der Waals surface area contributed by atoms with Crippen LogP contribution in [0.15, 0.2) is 0 Å². The quantitative estimate of drug-likeness (QED) is 0.773. The monoisotopic (exact) mass is 269 g/mol. The lowest BCUT2D eigenvalue weighted by Gasteiger charge is -2.42. The van der Waals surface area contributed by atoms with E-state index in [2.05, 4.69) is 26.1 Å². The maximum atomic E-state index is 11.6. The zero-order valence-electron chi connectivity index (χ0n) is 13.2. The minimum atomic E-state index is -0.774. The van der Waals surface area contributed by atoms with Crippen molar-refractivity contribution < 1.29 is 9.90 Å². The van der Waals surface area contributed by atoms with E-state index in [1.165, 1.54) is 12.8 Å². The van der Waals surface area contributed by atoms with E-state index in [1.54, 1.807) is 0 Å². The fourth-order valence-electron chi connectivity index (χ4n) is 3.52. The topological polar surface area (TPSA) is 49.3 Å². The van der Waals surface area contributed by atoms with Crippen LogP contribution in [0.1, 0.15) is 66.7 Å². The van der Waals surface area contributed by atoms with Gasteiger partial charge in [0, 0.05) is 6.04 Å². The molecule has 0 aromatic rings. The second-order valence-corrected chi connectivity index (χ2v) is 6.96. The van der Waals surface area contributed by atoms with E-state index < -0.39 is 11.5 Å². The molecule has 1 fully saturated rings. The molecule has 0 heterocycles. The number of nitrogens with one attached hydrogen (secondary N) is 1. The van der Waals surface area contributed by atoms with Crippen LogP contribution >= 0.6 is 0 Å². The molecule has 0 aliphatic heterocycles. The van der Waals surface area contributed by atoms with Crippen molar-refractivity contribution in [2.24, 2.45) is 17.8 Å². The van der Waals surface area contributed by atoms with Gasteiger partial charge in [0.05, 0.1) is 0 Å². The molecule has 0 radical (unpaired) electrons. The highest BCUT2D eigenvalue weighted by Gasteiger charge is 2.39. The van der Waals surface area contributed by atoms with Crippen LogP contribution in [0.2, 0.25) is 0 Å². The summed E-state index contributed by atoms with van der Waals surface area (Å²) in [5.74, 6) is 1.21. The van der Waals surface area contributed by atoms with Crippen LogP contribution in [-0.2, 0) is 4.79 Å². The molecular weight excluding hydrogens is 238 g/mol. The van der Waals surface area contributed by atoms with Gasteiger partial charge >= 0.3 is 5.97 Å². The Hall–Kier alpha value is -0.570. The summed E-state index contributed by atoms with van der Waals surface area (Å²) in [5, 5.41) is 13.0. The van der Waals surface area contributed by atoms with Gasteiger partial charge in [-0.05, 0) is 43.9 Å². The van der Waals surface area contributed by atoms with E-state index in [-0.39, 0.29) is 0 Å². The lowest BCUT2D eigenvalue weighted by molar-refractivity contribution is -0.145. The molecule has 0 aromatic heterocycles. The molecule has 0 spiro atoms. The van der Waals surface area contributed by atoms with Gasteiger partial charge in [0.25, 0.3) is 0 Å². The van der Waals surface area contributed by atoms with Crippen LogP contribution in [0.3, 0.4) is 0 Å². The van der Waals surface area contributed by atoms with Gasteiger partial charge in [-0.15, -0.1) is 0 Å². The molecule has 1 aliphatic rings. The van der Waals surface area contributed by atoms with Gasteiger partial charge in [-0.2, -0.15) is 0 Å². The molecule has 4 unspecified atom stereocenters. The summed E-state index contributed by atoms with van der Waals surface area (Å²) in [7, 11) is 0. The largest absolute Gasteiger partial charge is 0.480 e. The molecule has 112 valence electrons. The molecule has 1 saturated carbocycles. The third-order valence-corrected chi connectivity index (χ3v) is 4.75. The predicted molar refractivity (Wildman–Crippen MR) is 79.2 cm³/mol. The van der Waals surface area contributed by atoms with Gasteiger partial charge in [0.1, 0.15) is 5.54 Å². The average molecular weight is 269 g/mol. The highest BCUT2D eigenvalue weighted by atomic mass is 16.4. The molecule has 0 bridgehead atoms. The normalized spacial score (nSPS) is 31.2. The van der Waals surface area contributed by atoms with Gasteiger partial charge in [-0.3, -0.25) is 10.1 Å². The Morgan fingerprint density at radius 2 is 2.05 bits per heavy atom. The number of aliphatic carboxylic acids is 1. The van der Waals surface area contributed by atoms with Gasteiger partial charge in [-0.1, -0.05) is 40.5 Å². The van der Waals surface area contributed by atoms with Crippen LogP contribution < -0.4 is 5.32 Å². The number of rotatable bonds is 6. The van der Waals surface area contributed by atoms with E-state index in [0.29, 0.717) is 30.2 Å². The van der Waals surface area contributed by atoms with Crippen LogP contribution in [0, 0.1) is 17.8 Å². The number of carboxylic acids is 1. The molecule has 3 nitrogen and oxygen atoms in total. The number of carboxylic acid groups (broad SMARTS) is 1. The third-order valence-electron chi connectivity index (χ3n) is 4.75. The molecule has 0 amide bonds. The second kappa shape index (κ2) is 6.74. The highest BCUT2D eigenvalue weighted by molar-refractivity contribution is 5.78. The summed E-state index contributed by atoms with van der Waals surface area (Å²) in [5.41, 5.74) is -0.774. The molecule has 1 rings (SSSR count). The summed E-state index contributed by atoms with van der Waals surface area (Å²) < 4.78 is 0. The molecule has 3 heteroatoms. The van der Waals surface area contributed by atoms with Crippen molar-refractivity contribution in [1.29, 1.82) is 0 Å². The maximum absolute atomic E-state index is 11.6. The van der Waals surface area contributed by atoms with Crippen molar-refractivity contribution in [3.63, 3.8) is 0 Å². The fourth-order valence-corrected chi connectivity index (χ4v) is 3.52. The molecule has 1 aliphatic carbocycles. The second-order valence-electron chi connectivity index (χ2n) is 6.96. The van der Waals surface area contributed by atoms with Crippen molar-refractivity contribution in [3.05, 3.63) is 0 Å². The predicted octanol–water partition coefficient (Wildman–Crippen LogP) is 3.68. The van der Waals surface area contributed by atoms with Crippen LogP contribution in [-0.4, -0.2) is 22.7 Å². The molecule has 2 N–H and O–H groups in total. The summed E-state index contributed by atoms with van der Waals surface area (Å²) in [6.45, 7) is 10.7. The SMILES string of the molecule is CCCC(C)(NC1CC(C)CCC1C(C)C)C(=O)O. The van der Waals surface area contributed by atoms with Crippen molar-refractivity contribution in [2.75, 3.05) is 0 Å². The zero-order chi connectivity index (χ0) is 14.6. The van der Waals surface area contributed by atoms with Crippen LogP contribution in [0.25, 0.3) is 0 Å². The minimum absolute atomic E-state index is 0.344. The molecular formula is C16H31NO2. The Morgan fingerprint density at radius 3 is 2.53 bits per heavy atom. The smallest absolute Gasteiger partial charge is 0.323 e. The van der Waals surface area contributed by atoms with Crippen molar-refractivity contribution in [3.8, 4) is 0 Å². The first-order valence-corrected chi connectivity index (χ1v) is 7.81. The zero-order valence-corrected chi connectivity index (χ0v) is 13.2. The summed E-state index contributed by atoms with van der Waals surface area (Å²) in [6.07, 6.45) is 5.19. The number of hydrogen-bond acceptors (Lipinski definition) is 2. The van der Waals surface area contributed by atoms with E-state index in [1.807, 2.05) is 13.8 Å². The van der Waals surface area contributed by atoms with E-state index in [4.69, 9.17) is 0 Å². The summed E-state index contributed by atoms with van der Waals surface area (Å²) >= 11 is 0. The molecule has 19 heavy (non-hydrogen) atoms. The molecule has 4 atom stereocenters. The maximum Gasteiger partial charge on any atom is 0.323 e. The number of hydrogen-bond donors (Lipinski definition) is 2. The Balaban J connectivity index is 2.81. The van der Waals surface area contributed by atoms with Crippen molar-refractivity contribution in [1.82, 2.24) is 5.32 Å². The average Bonchev–Trinajstić information content (AvgIpc) is 2.28. The first kappa shape index (κ1) is 16.5. The lowest BCUT2D eigenvalue weighted by atomic mass is 9.73.